The van der Waals surface area contributed by atoms with E-state index in [0.717, 1.165) is 16.7 Å². The van der Waals surface area contributed by atoms with Crippen molar-refractivity contribution in [1.82, 2.24) is 24.3 Å². The number of carbonyl (C=O) groups excluding carboxylic acids is 1. The molecule has 0 atom stereocenters. The molecule has 0 N–H and O–H groups in total. The van der Waals surface area contributed by atoms with Crippen LogP contribution in [0.15, 0.2) is 24.5 Å². The first-order valence-electron chi connectivity index (χ1n) is 8.67. The molecule has 4 rings (SSSR count). The van der Waals surface area contributed by atoms with E-state index in [1.165, 1.54) is 6.33 Å². The number of carbonyl (C=O) groups is 1. The number of rotatable bonds is 3. The van der Waals surface area contributed by atoms with Crippen molar-refractivity contribution >= 4 is 39.4 Å². The van der Waals surface area contributed by atoms with Gasteiger partial charge in [0.1, 0.15) is 23.9 Å². The fourth-order valence-corrected chi connectivity index (χ4v) is 3.81. The maximum atomic E-state index is 13.1. The fraction of sp³-hybridized carbons (Fsp3) is 0.389. The molecule has 1 amide bonds. The summed E-state index contributed by atoms with van der Waals surface area (Å²) in [7, 11) is 1.89. The van der Waals surface area contributed by atoms with Gasteiger partial charge >= 0.3 is 6.18 Å². The third kappa shape index (κ3) is 3.51. The van der Waals surface area contributed by atoms with Crippen LogP contribution in [-0.4, -0.2) is 63.1 Å². The summed E-state index contributed by atoms with van der Waals surface area (Å²) in [5, 5.41) is 0.531. The van der Waals surface area contributed by atoms with Gasteiger partial charge in [0.15, 0.2) is 5.15 Å². The predicted octanol–water partition coefficient (Wildman–Crippen LogP) is 3.07. The lowest BCUT2D eigenvalue weighted by Crippen LogP contribution is -2.48. The van der Waals surface area contributed by atoms with E-state index in [4.69, 9.17) is 11.6 Å². The van der Waals surface area contributed by atoms with Gasteiger partial charge in [-0.3, -0.25) is 9.69 Å². The average molecular weight is 412 g/mol. The summed E-state index contributed by atoms with van der Waals surface area (Å²) in [6, 6.07) is 5.13. The molecule has 2 aromatic heterocycles. The SMILES string of the molecule is CN1CCN(Cc2ccc3c(c2)c2ncnc(Cl)c2n3CC(F)(F)F)C(=O)C1. The molecule has 0 saturated carbocycles. The number of halogens is 4. The molecule has 0 unspecified atom stereocenters. The van der Waals surface area contributed by atoms with Crippen LogP contribution < -0.4 is 0 Å². The molecule has 1 fully saturated rings. The first-order chi connectivity index (χ1) is 13.2. The summed E-state index contributed by atoms with van der Waals surface area (Å²) in [6.45, 7) is 0.957. The van der Waals surface area contributed by atoms with Gasteiger partial charge in [-0.15, -0.1) is 0 Å². The van der Waals surface area contributed by atoms with E-state index in [1.54, 1.807) is 23.1 Å². The molecule has 0 radical (unpaired) electrons. The first-order valence-corrected chi connectivity index (χ1v) is 9.05. The van der Waals surface area contributed by atoms with Crippen LogP contribution in [0.5, 0.6) is 0 Å². The number of piperazine rings is 1. The number of likely N-dealkylation sites (N-methyl/N-ethyl adjacent to an activating group) is 1. The summed E-state index contributed by atoms with van der Waals surface area (Å²) in [4.78, 5) is 23.9. The number of amides is 1. The maximum Gasteiger partial charge on any atom is 0.406 e. The quantitative estimate of drug-likeness (QED) is 0.622. The number of hydrogen-bond acceptors (Lipinski definition) is 4. The van der Waals surface area contributed by atoms with Crippen molar-refractivity contribution in [1.29, 1.82) is 0 Å². The Bertz CT molecular complexity index is 1060. The van der Waals surface area contributed by atoms with Crippen LogP contribution in [0.1, 0.15) is 5.56 Å². The summed E-state index contributed by atoms with van der Waals surface area (Å²) in [5.74, 6) is 0.0266. The number of aromatic nitrogens is 3. The molecule has 1 aliphatic heterocycles. The Labute approximate surface area is 163 Å². The highest BCUT2D eigenvalue weighted by Gasteiger charge is 2.31. The van der Waals surface area contributed by atoms with Crippen LogP contribution in [0.25, 0.3) is 21.9 Å². The van der Waals surface area contributed by atoms with Crippen molar-refractivity contribution in [3.63, 3.8) is 0 Å². The summed E-state index contributed by atoms with van der Waals surface area (Å²) < 4.78 is 40.4. The van der Waals surface area contributed by atoms with E-state index in [9.17, 15) is 18.0 Å². The van der Waals surface area contributed by atoms with E-state index < -0.39 is 12.7 Å². The van der Waals surface area contributed by atoms with E-state index in [1.807, 2.05) is 11.9 Å². The number of fused-ring (bicyclic) bond motifs is 3. The lowest BCUT2D eigenvalue weighted by molar-refractivity contribution is -0.139. The molecule has 0 bridgehead atoms. The largest absolute Gasteiger partial charge is 0.406 e. The van der Waals surface area contributed by atoms with Crippen LogP contribution in [0.2, 0.25) is 5.15 Å². The second-order valence-corrected chi connectivity index (χ2v) is 7.33. The van der Waals surface area contributed by atoms with Crippen LogP contribution >= 0.6 is 11.6 Å². The minimum Gasteiger partial charge on any atom is -0.336 e. The Balaban J connectivity index is 1.78. The van der Waals surface area contributed by atoms with Crippen molar-refractivity contribution in [2.45, 2.75) is 19.3 Å². The topological polar surface area (TPSA) is 54.3 Å². The summed E-state index contributed by atoms with van der Waals surface area (Å²) in [6.07, 6.45) is -3.18. The minimum absolute atomic E-state index is 0.0266. The van der Waals surface area contributed by atoms with Crippen molar-refractivity contribution in [3.8, 4) is 0 Å². The van der Waals surface area contributed by atoms with Gasteiger partial charge < -0.3 is 9.47 Å². The first kappa shape index (κ1) is 18.9. The molecule has 10 heteroatoms. The Morgan fingerprint density at radius 3 is 2.71 bits per heavy atom. The molecule has 6 nitrogen and oxygen atoms in total. The Morgan fingerprint density at radius 1 is 1.21 bits per heavy atom. The Hall–Kier alpha value is -2.39. The van der Waals surface area contributed by atoms with Crippen LogP contribution in [0, 0.1) is 0 Å². The van der Waals surface area contributed by atoms with Gasteiger partial charge in [0.05, 0.1) is 12.1 Å². The number of nitrogens with zero attached hydrogens (tertiary/aromatic N) is 5. The molecule has 3 heterocycles. The highest BCUT2D eigenvalue weighted by atomic mass is 35.5. The van der Waals surface area contributed by atoms with Crippen molar-refractivity contribution in [3.05, 3.63) is 35.2 Å². The molecule has 1 aliphatic rings. The third-order valence-electron chi connectivity index (χ3n) is 4.87. The van der Waals surface area contributed by atoms with Gasteiger partial charge in [-0.25, -0.2) is 9.97 Å². The standard InChI is InChI=1S/C18H17ClF3N5O/c1-25-4-5-26(14(28)8-25)7-11-2-3-13-12(6-11)15-16(17(19)24-10-23-15)27(13)9-18(20,21)22/h2-3,6,10H,4-5,7-9H2,1H3. The van der Waals surface area contributed by atoms with Gasteiger partial charge in [-0.05, 0) is 24.7 Å². The lowest BCUT2D eigenvalue weighted by Gasteiger charge is -2.32. The maximum absolute atomic E-state index is 13.1. The summed E-state index contributed by atoms with van der Waals surface area (Å²) >= 11 is 6.09. The second-order valence-electron chi connectivity index (χ2n) is 6.97. The molecule has 1 aromatic carbocycles. The zero-order valence-corrected chi connectivity index (χ0v) is 15.8. The molecular weight excluding hydrogens is 395 g/mol. The van der Waals surface area contributed by atoms with Gasteiger partial charge in [0.25, 0.3) is 0 Å². The highest BCUT2D eigenvalue weighted by molar-refractivity contribution is 6.34. The fourth-order valence-electron chi connectivity index (χ4n) is 3.58. The van der Waals surface area contributed by atoms with Crippen molar-refractivity contribution in [2.24, 2.45) is 0 Å². The third-order valence-corrected chi connectivity index (χ3v) is 5.15. The van der Waals surface area contributed by atoms with E-state index in [-0.39, 0.29) is 16.6 Å². The zero-order valence-electron chi connectivity index (χ0n) is 15.0. The molecule has 148 valence electrons. The van der Waals surface area contributed by atoms with Gasteiger partial charge in [0.2, 0.25) is 5.91 Å². The monoisotopic (exact) mass is 411 g/mol. The zero-order chi connectivity index (χ0) is 20.1. The Kier molecular flexibility index (Phi) is 4.67. The van der Waals surface area contributed by atoms with Gasteiger partial charge in [-0.2, -0.15) is 13.2 Å². The predicted molar refractivity (Wildman–Crippen MR) is 99.0 cm³/mol. The van der Waals surface area contributed by atoms with E-state index >= 15 is 0 Å². The molecule has 0 aliphatic carbocycles. The van der Waals surface area contributed by atoms with E-state index in [0.29, 0.717) is 36.1 Å². The smallest absolute Gasteiger partial charge is 0.336 e. The second kappa shape index (κ2) is 6.89. The number of benzene rings is 1. The normalized spacial score (nSPS) is 16.5. The number of hydrogen-bond donors (Lipinski definition) is 0. The minimum atomic E-state index is -4.41. The Morgan fingerprint density at radius 2 is 2.00 bits per heavy atom. The highest BCUT2D eigenvalue weighted by Crippen LogP contribution is 2.34. The van der Waals surface area contributed by atoms with Crippen molar-refractivity contribution < 1.29 is 18.0 Å². The van der Waals surface area contributed by atoms with Crippen LogP contribution in [-0.2, 0) is 17.9 Å². The summed E-state index contributed by atoms with van der Waals surface area (Å²) in [5.41, 5.74) is 1.73. The average Bonchev–Trinajstić information content (AvgIpc) is 2.91. The van der Waals surface area contributed by atoms with Crippen LogP contribution in [0.3, 0.4) is 0 Å². The molecule has 3 aromatic rings. The molecule has 1 saturated heterocycles. The van der Waals surface area contributed by atoms with Gasteiger partial charge in [-0.1, -0.05) is 17.7 Å². The van der Waals surface area contributed by atoms with E-state index in [2.05, 4.69) is 9.97 Å². The molecule has 28 heavy (non-hydrogen) atoms. The number of alkyl halides is 3. The van der Waals surface area contributed by atoms with Crippen molar-refractivity contribution in [2.75, 3.05) is 26.7 Å². The lowest BCUT2D eigenvalue weighted by atomic mass is 10.1. The molecule has 0 spiro atoms. The van der Waals surface area contributed by atoms with Gasteiger partial charge in [0, 0.05) is 25.0 Å². The molecular formula is C18H17ClF3N5O. The van der Waals surface area contributed by atoms with Crippen LogP contribution in [0.4, 0.5) is 13.2 Å².